The molecule has 1 aliphatic rings. The first-order valence-corrected chi connectivity index (χ1v) is 6.07. The molecule has 0 radical (unpaired) electrons. The lowest BCUT2D eigenvalue weighted by Crippen LogP contribution is -2.36. The third kappa shape index (κ3) is 3.97. The maximum absolute atomic E-state index is 3.51. The molecule has 1 fully saturated rings. The van der Waals surface area contributed by atoms with Gasteiger partial charge in [0.15, 0.2) is 0 Å². The highest BCUT2D eigenvalue weighted by Crippen LogP contribution is 2.17. The van der Waals surface area contributed by atoms with E-state index in [2.05, 4.69) is 37.9 Å². The number of hydrogen-bond donors (Lipinski definition) is 1. The van der Waals surface area contributed by atoms with Crippen LogP contribution in [0, 0.1) is 5.92 Å². The van der Waals surface area contributed by atoms with Crippen molar-refractivity contribution in [3.05, 3.63) is 0 Å². The molecule has 2 unspecified atom stereocenters. The van der Waals surface area contributed by atoms with Gasteiger partial charge < -0.3 is 10.2 Å². The lowest BCUT2D eigenvalue weighted by Gasteiger charge is -2.25. The van der Waals surface area contributed by atoms with Gasteiger partial charge in [-0.15, -0.1) is 0 Å². The number of likely N-dealkylation sites (tertiary alicyclic amines) is 1. The first-order valence-electron chi connectivity index (χ1n) is 6.07. The van der Waals surface area contributed by atoms with Crippen molar-refractivity contribution < 1.29 is 0 Å². The first kappa shape index (κ1) is 12.0. The zero-order valence-corrected chi connectivity index (χ0v) is 10.2. The summed E-state index contributed by atoms with van der Waals surface area (Å²) < 4.78 is 0. The van der Waals surface area contributed by atoms with Crippen molar-refractivity contribution >= 4 is 0 Å². The van der Waals surface area contributed by atoms with Crippen LogP contribution in [0.3, 0.4) is 0 Å². The van der Waals surface area contributed by atoms with Gasteiger partial charge in [0.05, 0.1) is 0 Å². The van der Waals surface area contributed by atoms with Crippen LogP contribution in [-0.2, 0) is 0 Å². The lowest BCUT2D eigenvalue weighted by molar-refractivity contribution is 0.228. The predicted molar refractivity (Wildman–Crippen MR) is 62.6 cm³/mol. The molecule has 1 aliphatic heterocycles. The summed E-state index contributed by atoms with van der Waals surface area (Å²) in [6.45, 7) is 12.9. The molecule has 0 aromatic rings. The van der Waals surface area contributed by atoms with Crippen molar-refractivity contribution in [2.24, 2.45) is 5.92 Å². The molecule has 0 saturated carbocycles. The summed E-state index contributed by atoms with van der Waals surface area (Å²) in [5.41, 5.74) is 0. The molecule has 0 aromatic carbocycles. The topological polar surface area (TPSA) is 15.3 Å². The van der Waals surface area contributed by atoms with Crippen LogP contribution in [-0.4, -0.2) is 36.6 Å². The molecule has 2 atom stereocenters. The quantitative estimate of drug-likeness (QED) is 0.728. The van der Waals surface area contributed by atoms with E-state index in [0.29, 0.717) is 6.04 Å². The molecule has 2 nitrogen and oxygen atoms in total. The number of nitrogens with one attached hydrogen (secondary N) is 1. The van der Waals surface area contributed by atoms with E-state index in [1.807, 2.05) is 0 Å². The van der Waals surface area contributed by atoms with E-state index >= 15 is 0 Å². The molecule has 14 heavy (non-hydrogen) atoms. The Balaban J connectivity index is 2.16. The van der Waals surface area contributed by atoms with Crippen LogP contribution in [0.25, 0.3) is 0 Å². The van der Waals surface area contributed by atoms with Gasteiger partial charge in [-0.2, -0.15) is 0 Å². The van der Waals surface area contributed by atoms with Gasteiger partial charge in [0.1, 0.15) is 0 Å². The Morgan fingerprint density at radius 2 is 2.07 bits per heavy atom. The minimum Gasteiger partial charge on any atom is -0.314 e. The second-order valence-corrected chi connectivity index (χ2v) is 5.15. The van der Waals surface area contributed by atoms with Crippen LogP contribution >= 0.6 is 0 Å². The molecule has 1 heterocycles. The van der Waals surface area contributed by atoms with Crippen molar-refractivity contribution in [1.82, 2.24) is 10.2 Å². The van der Waals surface area contributed by atoms with E-state index in [1.165, 1.54) is 25.9 Å². The van der Waals surface area contributed by atoms with Crippen LogP contribution in [0.2, 0.25) is 0 Å². The molecule has 0 amide bonds. The average Bonchev–Trinajstić information content (AvgIpc) is 2.49. The van der Waals surface area contributed by atoms with Crippen LogP contribution in [0.15, 0.2) is 0 Å². The highest BCUT2D eigenvalue weighted by atomic mass is 15.2. The molecule has 0 aliphatic carbocycles. The predicted octanol–water partition coefficient (Wildman–Crippen LogP) is 2.10. The van der Waals surface area contributed by atoms with Gasteiger partial charge in [-0.3, -0.25) is 0 Å². The Labute approximate surface area is 89.1 Å². The van der Waals surface area contributed by atoms with Crippen molar-refractivity contribution in [2.75, 3.05) is 19.6 Å². The van der Waals surface area contributed by atoms with Gasteiger partial charge in [-0.1, -0.05) is 20.8 Å². The third-order valence-corrected chi connectivity index (χ3v) is 3.11. The molecule has 2 heteroatoms. The molecule has 0 bridgehead atoms. The van der Waals surface area contributed by atoms with Crippen molar-refractivity contribution in [1.29, 1.82) is 0 Å². The fraction of sp³-hybridized carbons (Fsp3) is 1.00. The van der Waals surface area contributed by atoms with Gasteiger partial charge in [-0.05, 0) is 38.8 Å². The summed E-state index contributed by atoms with van der Waals surface area (Å²) in [4.78, 5) is 2.63. The molecule has 0 spiro atoms. The van der Waals surface area contributed by atoms with Crippen LogP contribution in [0.1, 0.15) is 40.5 Å². The van der Waals surface area contributed by atoms with Gasteiger partial charge in [0, 0.05) is 18.6 Å². The molecule has 1 saturated heterocycles. The van der Waals surface area contributed by atoms with Crippen LogP contribution in [0.4, 0.5) is 0 Å². The Kier molecular flexibility index (Phi) is 4.90. The molecule has 1 N–H and O–H groups in total. The maximum atomic E-state index is 3.51. The second kappa shape index (κ2) is 5.72. The van der Waals surface area contributed by atoms with Crippen LogP contribution in [0.5, 0.6) is 0 Å². The van der Waals surface area contributed by atoms with Crippen molar-refractivity contribution in [2.45, 2.75) is 52.6 Å². The smallest absolute Gasteiger partial charge is 0.00675 e. The van der Waals surface area contributed by atoms with E-state index in [9.17, 15) is 0 Å². The van der Waals surface area contributed by atoms with Crippen molar-refractivity contribution in [3.63, 3.8) is 0 Å². The minimum atomic E-state index is 0.619. The zero-order valence-electron chi connectivity index (χ0n) is 10.2. The van der Waals surface area contributed by atoms with E-state index in [0.717, 1.165) is 18.5 Å². The van der Waals surface area contributed by atoms with E-state index < -0.39 is 0 Å². The molecule has 84 valence electrons. The number of hydrogen-bond acceptors (Lipinski definition) is 2. The summed E-state index contributed by atoms with van der Waals surface area (Å²) in [6.07, 6.45) is 2.79. The largest absolute Gasteiger partial charge is 0.314 e. The average molecular weight is 198 g/mol. The Morgan fingerprint density at radius 1 is 1.36 bits per heavy atom. The molecule has 1 rings (SSSR count). The zero-order chi connectivity index (χ0) is 10.6. The summed E-state index contributed by atoms with van der Waals surface area (Å²) in [5, 5.41) is 3.51. The fourth-order valence-corrected chi connectivity index (χ4v) is 2.17. The van der Waals surface area contributed by atoms with E-state index in [1.54, 1.807) is 0 Å². The number of rotatable bonds is 5. The Morgan fingerprint density at radius 3 is 2.57 bits per heavy atom. The molecule has 0 aromatic heterocycles. The van der Waals surface area contributed by atoms with Gasteiger partial charge >= 0.3 is 0 Å². The highest BCUT2D eigenvalue weighted by molar-refractivity contribution is 4.77. The molecular formula is C12H26N2. The monoisotopic (exact) mass is 198 g/mol. The third-order valence-electron chi connectivity index (χ3n) is 3.11. The Hall–Kier alpha value is -0.0800. The van der Waals surface area contributed by atoms with Gasteiger partial charge in [-0.25, -0.2) is 0 Å². The standard InChI is InChI=1S/C12H26N2/c1-10(2)13-8-11(3)9-14-7-5-6-12(14)4/h10-13H,5-9H2,1-4H3. The minimum absolute atomic E-state index is 0.619. The van der Waals surface area contributed by atoms with E-state index in [-0.39, 0.29) is 0 Å². The SMILES string of the molecule is CC(CNC(C)C)CN1CCCC1C. The van der Waals surface area contributed by atoms with Gasteiger partial charge in [0.2, 0.25) is 0 Å². The summed E-state index contributed by atoms with van der Waals surface area (Å²) in [7, 11) is 0. The normalized spacial score (nSPS) is 25.9. The summed E-state index contributed by atoms with van der Waals surface area (Å²) >= 11 is 0. The summed E-state index contributed by atoms with van der Waals surface area (Å²) in [5.74, 6) is 0.776. The first-order chi connectivity index (χ1) is 6.59. The number of nitrogens with zero attached hydrogens (tertiary/aromatic N) is 1. The summed E-state index contributed by atoms with van der Waals surface area (Å²) in [6, 6.07) is 1.44. The maximum Gasteiger partial charge on any atom is 0.00675 e. The Bertz CT molecular complexity index is 156. The van der Waals surface area contributed by atoms with Crippen molar-refractivity contribution in [3.8, 4) is 0 Å². The molecular weight excluding hydrogens is 172 g/mol. The van der Waals surface area contributed by atoms with Crippen LogP contribution < -0.4 is 5.32 Å². The second-order valence-electron chi connectivity index (χ2n) is 5.15. The highest BCUT2D eigenvalue weighted by Gasteiger charge is 2.21. The lowest BCUT2D eigenvalue weighted by atomic mass is 10.1. The van der Waals surface area contributed by atoms with E-state index in [4.69, 9.17) is 0 Å². The fourth-order valence-electron chi connectivity index (χ4n) is 2.17. The van der Waals surface area contributed by atoms with Gasteiger partial charge in [0.25, 0.3) is 0 Å².